The second kappa shape index (κ2) is 5.67. The number of nitriles is 1. The van der Waals surface area contributed by atoms with Gasteiger partial charge >= 0.3 is 6.29 Å². The first-order valence-electron chi connectivity index (χ1n) is 6.05. The molecule has 0 aromatic carbocycles. The van der Waals surface area contributed by atoms with Gasteiger partial charge < -0.3 is 14.5 Å². The SMILES string of the molecule is C=CC1=C(/C(=C\C=C\C)c2c[nH]cc2C#N)OC(F)(F)O1. The topological polar surface area (TPSA) is 58.0 Å². The van der Waals surface area contributed by atoms with Crippen LogP contribution in [0.15, 0.2) is 54.8 Å². The number of halogens is 2. The third-order valence-electron chi connectivity index (χ3n) is 2.71. The van der Waals surface area contributed by atoms with Crippen LogP contribution >= 0.6 is 0 Å². The predicted octanol–water partition coefficient (Wildman–Crippen LogP) is 3.84. The Morgan fingerprint density at radius 1 is 1.43 bits per heavy atom. The molecule has 0 bridgehead atoms. The van der Waals surface area contributed by atoms with Crippen LogP contribution in [0.5, 0.6) is 0 Å². The van der Waals surface area contributed by atoms with Gasteiger partial charge in [-0.25, -0.2) is 0 Å². The van der Waals surface area contributed by atoms with E-state index in [0.29, 0.717) is 16.7 Å². The second-order valence-electron chi connectivity index (χ2n) is 4.07. The van der Waals surface area contributed by atoms with Crippen molar-refractivity contribution in [1.29, 1.82) is 5.26 Å². The molecular formula is C15H12F2N2O2. The average Bonchev–Trinajstić information content (AvgIpc) is 3.03. The van der Waals surface area contributed by atoms with Gasteiger partial charge in [-0.3, -0.25) is 0 Å². The number of nitrogens with one attached hydrogen (secondary N) is 1. The van der Waals surface area contributed by atoms with Gasteiger partial charge in [0.1, 0.15) is 6.07 Å². The molecule has 1 aliphatic rings. The Bertz CT molecular complexity index is 691. The first-order valence-corrected chi connectivity index (χ1v) is 6.05. The summed E-state index contributed by atoms with van der Waals surface area (Å²) < 4.78 is 35.5. The van der Waals surface area contributed by atoms with Gasteiger partial charge in [-0.2, -0.15) is 5.26 Å². The molecule has 108 valence electrons. The summed E-state index contributed by atoms with van der Waals surface area (Å²) in [7, 11) is 0. The Morgan fingerprint density at radius 3 is 2.81 bits per heavy atom. The van der Waals surface area contributed by atoms with E-state index >= 15 is 0 Å². The fourth-order valence-electron chi connectivity index (χ4n) is 1.85. The van der Waals surface area contributed by atoms with Crippen molar-refractivity contribution in [1.82, 2.24) is 4.98 Å². The van der Waals surface area contributed by atoms with Gasteiger partial charge in [0.2, 0.25) is 0 Å². The highest BCUT2D eigenvalue weighted by Gasteiger charge is 2.45. The molecule has 0 fully saturated rings. The predicted molar refractivity (Wildman–Crippen MR) is 72.6 cm³/mol. The summed E-state index contributed by atoms with van der Waals surface area (Å²) >= 11 is 0. The zero-order valence-corrected chi connectivity index (χ0v) is 11.2. The number of allylic oxidation sites excluding steroid dienone is 5. The van der Waals surface area contributed by atoms with Gasteiger partial charge in [-0.15, -0.1) is 8.78 Å². The Balaban J connectivity index is 2.58. The lowest BCUT2D eigenvalue weighted by Crippen LogP contribution is -2.16. The first kappa shape index (κ1) is 14.6. The molecule has 4 nitrogen and oxygen atoms in total. The fourth-order valence-corrected chi connectivity index (χ4v) is 1.85. The number of aromatic amines is 1. The maximum Gasteiger partial charge on any atom is 0.586 e. The molecule has 1 N–H and O–H groups in total. The molecule has 1 aromatic rings. The maximum absolute atomic E-state index is 13.3. The van der Waals surface area contributed by atoms with Crippen LogP contribution in [0.1, 0.15) is 18.1 Å². The Kier molecular flexibility index (Phi) is 3.94. The zero-order valence-electron chi connectivity index (χ0n) is 11.2. The zero-order chi connectivity index (χ0) is 15.5. The second-order valence-corrected chi connectivity index (χ2v) is 4.07. The van der Waals surface area contributed by atoms with Gasteiger partial charge in [-0.1, -0.05) is 24.8 Å². The largest absolute Gasteiger partial charge is 0.586 e. The van der Waals surface area contributed by atoms with Crippen LogP contribution < -0.4 is 0 Å². The molecule has 2 rings (SSSR count). The summed E-state index contributed by atoms with van der Waals surface area (Å²) in [5.41, 5.74) is 1.05. The van der Waals surface area contributed by atoms with Crippen molar-refractivity contribution in [2.24, 2.45) is 0 Å². The number of nitrogens with zero attached hydrogens (tertiary/aromatic N) is 1. The Labute approximate surface area is 120 Å². The van der Waals surface area contributed by atoms with Crippen molar-refractivity contribution in [3.8, 4) is 6.07 Å². The molecule has 0 spiro atoms. The minimum absolute atomic E-state index is 0.163. The molecule has 0 unspecified atom stereocenters. The molecule has 0 saturated heterocycles. The van der Waals surface area contributed by atoms with Gasteiger partial charge in [0.25, 0.3) is 0 Å². The van der Waals surface area contributed by atoms with Crippen LogP contribution in [0, 0.1) is 11.3 Å². The summed E-state index contributed by atoms with van der Waals surface area (Å²) in [6.07, 6.45) is 5.32. The molecule has 2 heterocycles. The number of H-pyrrole nitrogens is 1. The van der Waals surface area contributed by atoms with E-state index in [9.17, 15) is 8.78 Å². The van der Waals surface area contributed by atoms with Crippen molar-refractivity contribution in [2.45, 2.75) is 13.2 Å². The molecule has 0 amide bonds. The van der Waals surface area contributed by atoms with Crippen molar-refractivity contribution >= 4 is 5.57 Å². The average molecular weight is 290 g/mol. The fraction of sp³-hybridized carbons (Fsp3) is 0.133. The lowest BCUT2D eigenvalue weighted by atomic mass is 10.0. The molecule has 0 atom stereocenters. The van der Waals surface area contributed by atoms with E-state index in [1.54, 1.807) is 25.2 Å². The third kappa shape index (κ3) is 2.87. The lowest BCUT2D eigenvalue weighted by Gasteiger charge is -2.09. The van der Waals surface area contributed by atoms with Gasteiger partial charge in [-0.05, 0) is 13.0 Å². The third-order valence-corrected chi connectivity index (χ3v) is 2.71. The maximum atomic E-state index is 13.3. The van der Waals surface area contributed by atoms with Crippen LogP contribution in [-0.4, -0.2) is 11.3 Å². The van der Waals surface area contributed by atoms with E-state index in [1.165, 1.54) is 12.4 Å². The van der Waals surface area contributed by atoms with Crippen LogP contribution in [0.3, 0.4) is 0 Å². The summed E-state index contributed by atoms with van der Waals surface area (Å²) in [5, 5.41) is 9.08. The normalized spacial score (nSPS) is 17.5. The monoisotopic (exact) mass is 290 g/mol. The highest BCUT2D eigenvalue weighted by Crippen LogP contribution is 2.41. The number of hydrogen-bond donors (Lipinski definition) is 1. The molecule has 1 aliphatic heterocycles. The lowest BCUT2D eigenvalue weighted by molar-refractivity contribution is -0.334. The molecule has 0 aliphatic carbocycles. The van der Waals surface area contributed by atoms with E-state index in [-0.39, 0.29) is 11.5 Å². The number of ether oxygens (including phenoxy) is 2. The standard InChI is InChI=1S/C15H12F2N2O2/c1-3-5-6-11(12-9-19-8-10(12)7-18)14-13(4-2)20-15(16,17)21-14/h3-6,8-9,19H,2H2,1H3/b5-3+,11-6-. The summed E-state index contributed by atoms with van der Waals surface area (Å²) in [5.74, 6) is -0.343. The van der Waals surface area contributed by atoms with E-state index in [4.69, 9.17) is 5.26 Å². The van der Waals surface area contributed by atoms with E-state index < -0.39 is 6.29 Å². The highest BCUT2D eigenvalue weighted by atomic mass is 19.3. The summed E-state index contributed by atoms with van der Waals surface area (Å²) in [6, 6.07) is 1.98. The molecule has 6 heteroatoms. The van der Waals surface area contributed by atoms with Crippen LogP contribution in [-0.2, 0) is 9.47 Å². The number of alkyl halides is 2. The minimum atomic E-state index is -3.75. The van der Waals surface area contributed by atoms with Gasteiger partial charge in [0.05, 0.1) is 5.56 Å². The van der Waals surface area contributed by atoms with Gasteiger partial charge in [0, 0.05) is 23.5 Å². The summed E-state index contributed by atoms with van der Waals surface area (Å²) in [4.78, 5) is 2.76. The molecule has 0 radical (unpaired) electrons. The quantitative estimate of drug-likeness (QED) is 0.857. The van der Waals surface area contributed by atoms with Crippen LogP contribution in [0.25, 0.3) is 5.57 Å². The first-order chi connectivity index (χ1) is 10.0. The van der Waals surface area contributed by atoms with E-state index in [2.05, 4.69) is 21.0 Å². The van der Waals surface area contributed by atoms with Crippen LogP contribution in [0.2, 0.25) is 0 Å². The Hall–Kier alpha value is -2.81. The summed E-state index contributed by atoms with van der Waals surface area (Å²) in [6.45, 7) is 5.21. The van der Waals surface area contributed by atoms with Gasteiger partial charge in [0.15, 0.2) is 11.5 Å². The number of rotatable bonds is 4. The molecule has 0 saturated carbocycles. The molecule has 1 aromatic heterocycles. The Morgan fingerprint density at radius 2 is 2.19 bits per heavy atom. The smallest absolute Gasteiger partial charge is 0.395 e. The minimum Gasteiger partial charge on any atom is -0.395 e. The van der Waals surface area contributed by atoms with Crippen molar-refractivity contribution in [3.63, 3.8) is 0 Å². The number of aromatic nitrogens is 1. The molecule has 21 heavy (non-hydrogen) atoms. The van der Waals surface area contributed by atoms with E-state index in [0.717, 1.165) is 6.08 Å². The van der Waals surface area contributed by atoms with Crippen molar-refractivity contribution < 1.29 is 18.3 Å². The van der Waals surface area contributed by atoms with Crippen molar-refractivity contribution in [2.75, 3.05) is 0 Å². The van der Waals surface area contributed by atoms with E-state index in [1.807, 2.05) is 6.07 Å². The van der Waals surface area contributed by atoms with Crippen LogP contribution in [0.4, 0.5) is 8.78 Å². The van der Waals surface area contributed by atoms with Crippen molar-refractivity contribution in [3.05, 3.63) is 65.9 Å². The highest BCUT2D eigenvalue weighted by molar-refractivity contribution is 5.82. The number of hydrogen-bond acceptors (Lipinski definition) is 3. The molecular weight excluding hydrogens is 278 g/mol.